The highest BCUT2D eigenvalue weighted by molar-refractivity contribution is 5.93. The fraction of sp³-hybridized carbons (Fsp3) is 0.333. The molecule has 1 aliphatic rings. The van der Waals surface area contributed by atoms with Crippen LogP contribution in [0.2, 0.25) is 0 Å². The number of nitrogens with zero attached hydrogens (tertiary/aromatic N) is 2. The summed E-state index contributed by atoms with van der Waals surface area (Å²) < 4.78 is 91.0. The molecule has 0 radical (unpaired) electrons. The maximum atomic E-state index is 13.8. The smallest absolute Gasteiger partial charge is 0.367 e. The zero-order valence-electron chi connectivity index (χ0n) is 16.1. The Balaban J connectivity index is 1.44. The molecule has 31 heavy (non-hydrogen) atoms. The second kappa shape index (κ2) is 7.74. The molecular weight excluding hydrogens is 427 g/mol. The molecule has 0 unspecified atom stereocenters. The van der Waals surface area contributed by atoms with Gasteiger partial charge in [-0.25, -0.2) is 4.39 Å². The summed E-state index contributed by atoms with van der Waals surface area (Å²) in [7, 11) is 0. The molecule has 1 aromatic heterocycles. The highest BCUT2D eigenvalue weighted by Gasteiger charge is 2.34. The van der Waals surface area contributed by atoms with E-state index in [1.54, 1.807) is 6.20 Å². The van der Waals surface area contributed by atoms with Gasteiger partial charge in [-0.2, -0.15) is 26.3 Å². The number of hydrogen-bond acceptors (Lipinski definition) is 2. The number of halogens is 7. The fourth-order valence-corrected chi connectivity index (χ4v) is 3.84. The maximum absolute atomic E-state index is 13.8. The Morgan fingerprint density at radius 1 is 0.839 bits per heavy atom. The molecule has 2 aromatic carbocycles. The third kappa shape index (κ3) is 4.48. The summed E-state index contributed by atoms with van der Waals surface area (Å²) in [5, 5.41) is 0.480. The second-order valence-electron chi connectivity index (χ2n) is 7.51. The molecule has 1 saturated heterocycles. The van der Waals surface area contributed by atoms with Crippen LogP contribution >= 0.6 is 0 Å². The summed E-state index contributed by atoms with van der Waals surface area (Å²) in [6.45, 7) is 2.40. The molecule has 2 heterocycles. The molecule has 0 amide bonds. The standard InChI is InChI=1S/C21H18F7N3/c22-17-9-13(1-3-16(17)21(26,27)28)12-30-5-7-31(8-6-30)19-11-29-18-4-2-14(10-15(18)19)20(23,24)25/h1-4,9-11,29H,5-8,12H2. The number of rotatable bonds is 3. The Morgan fingerprint density at radius 2 is 1.55 bits per heavy atom. The van der Waals surface area contributed by atoms with Crippen LogP contribution in [-0.2, 0) is 18.9 Å². The van der Waals surface area contributed by atoms with Crippen molar-refractivity contribution in [3.8, 4) is 0 Å². The largest absolute Gasteiger partial charge is 0.419 e. The van der Waals surface area contributed by atoms with Crippen LogP contribution in [0.1, 0.15) is 16.7 Å². The summed E-state index contributed by atoms with van der Waals surface area (Å²) in [4.78, 5) is 6.91. The molecule has 4 rings (SSSR count). The number of aromatic nitrogens is 1. The lowest BCUT2D eigenvalue weighted by molar-refractivity contribution is -0.140. The van der Waals surface area contributed by atoms with Crippen molar-refractivity contribution < 1.29 is 30.7 Å². The van der Waals surface area contributed by atoms with Gasteiger partial charge in [-0.3, -0.25) is 4.90 Å². The van der Waals surface area contributed by atoms with Gasteiger partial charge in [0.25, 0.3) is 0 Å². The minimum Gasteiger partial charge on any atom is -0.367 e. The number of piperazine rings is 1. The number of fused-ring (bicyclic) bond motifs is 1. The van der Waals surface area contributed by atoms with Gasteiger partial charge in [-0.1, -0.05) is 6.07 Å². The molecule has 0 spiro atoms. The van der Waals surface area contributed by atoms with Crippen molar-refractivity contribution in [1.82, 2.24) is 9.88 Å². The van der Waals surface area contributed by atoms with Crippen LogP contribution in [0.3, 0.4) is 0 Å². The van der Waals surface area contributed by atoms with Crippen molar-refractivity contribution in [3.05, 3.63) is 65.1 Å². The average molecular weight is 445 g/mol. The van der Waals surface area contributed by atoms with Crippen LogP contribution in [0.15, 0.2) is 42.6 Å². The van der Waals surface area contributed by atoms with Crippen LogP contribution < -0.4 is 4.90 Å². The molecule has 0 bridgehead atoms. The van der Waals surface area contributed by atoms with Crippen molar-refractivity contribution in [3.63, 3.8) is 0 Å². The molecular formula is C21H18F7N3. The first-order chi connectivity index (χ1) is 14.5. The molecule has 3 nitrogen and oxygen atoms in total. The quantitative estimate of drug-likeness (QED) is 0.525. The van der Waals surface area contributed by atoms with E-state index in [1.165, 1.54) is 12.1 Å². The predicted molar refractivity (Wildman–Crippen MR) is 102 cm³/mol. The van der Waals surface area contributed by atoms with E-state index >= 15 is 0 Å². The minimum absolute atomic E-state index is 0.287. The predicted octanol–water partition coefficient (Wildman–Crippen LogP) is 5.67. The minimum atomic E-state index is -4.74. The highest BCUT2D eigenvalue weighted by Crippen LogP contribution is 2.35. The number of hydrogen-bond donors (Lipinski definition) is 1. The van der Waals surface area contributed by atoms with Crippen molar-refractivity contribution >= 4 is 16.6 Å². The first kappa shape index (κ1) is 21.5. The molecule has 1 N–H and O–H groups in total. The lowest BCUT2D eigenvalue weighted by Crippen LogP contribution is -2.45. The van der Waals surface area contributed by atoms with Crippen LogP contribution in [0, 0.1) is 5.82 Å². The van der Waals surface area contributed by atoms with E-state index in [-0.39, 0.29) is 6.54 Å². The molecule has 0 atom stereocenters. The number of H-pyrrole nitrogens is 1. The third-order valence-electron chi connectivity index (χ3n) is 5.45. The average Bonchev–Trinajstić information content (AvgIpc) is 3.10. The molecule has 0 aliphatic carbocycles. The summed E-state index contributed by atoms with van der Waals surface area (Å²) in [5.41, 5.74) is -0.310. The Kier molecular flexibility index (Phi) is 5.36. The molecule has 1 aliphatic heterocycles. The Hall–Kier alpha value is -2.75. The summed E-state index contributed by atoms with van der Waals surface area (Å²) in [5.74, 6) is -1.30. The number of benzene rings is 2. The van der Waals surface area contributed by atoms with Crippen LogP contribution in [0.25, 0.3) is 10.9 Å². The molecule has 166 valence electrons. The Morgan fingerprint density at radius 3 is 2.16 bits per heavy atom. The molecule has 1 fully saturated rings. The van der Waals surface area contributed by atoms with E-state index in [2.05, 4.69) is 4.98 Å². The summed E-state index contributed by atoms with van der Waals surface area (Å²) in [6, 6.07) is 6.45. The number of aromatic amines is 1. The van der Waals surface area contributed by atoms with Gasteiger partial charge in [-0.05, 0) is 35.9 Å². The fourth-order valence-electron chi connectivity index (χ4n) is 3.84. The van der Waals surface area contributed by atoms with Gasteiger partial charge >= 0.3 is 12.4 Å². The van der Waals surface area contributed by atoms with Gasteiger partial charge in [0.15, 0.2) is 0 Å². The van der Waals surface area contributed by atoms with E-state index in [0.717, 1.165) is 24.3 Å². The number of nitrogens with one attached hydrogen (secondary N) is 1. The van der Waals surface area contributed by atoms with Gasteiger partial charge in [0.2, 0.25) is 0 Å². The zero-order valence-corrected chi connectivity index (χ0v) is 16.1. The van der Waals surface area contributed by atoms with Crippen LogP contribution in [0.5, 0.6) is 0 Å². The van der Waals surface area contributed by atoms with Crippen molar-refractivity contribution in [2.24, 2.45) is 0 Å². The topological polar surface area (TPSA) is 22.3 Å². The van der Waals surface area contributed by atoms with Crippen molar-refractivity contribution in [1.29, 1.82) is 0 Å². The second-order valence-corrected chi connectivity index (χ2v) is 7.51. The third-order valence-corrected chi connectivity index (χ3v) is 5.45. The van der Waals surface area contributed by atoms with E-state index in [4.69, 9.17) is 0 Å². The van der Waals surface area contributed by atoms with Gasteiger partial charge in [0, 0.05) is 49.8 Å². The Bertz CT molecular complexity index is 1080. The normalized spacial score (nSPS) is 16.3. The van der Waals surface area contributed by atoms with Crippen molar-refractivity contribution in [2.45, 2.75) is 18.9 Å². The summed E-state index contributed by atoms with van der Waals surface area (Å²) in [6.07, 6.45) is -7.50. The highest BCUT2D eigenvalue weighted by atomic mass is 19.4. The lowest BCUT2D eigenvalue weighted by Gasteiger charge is -2.36. The number of anilines is 1. The maximum Gasteiger partial charge on any atom is 0.419 e. The van der Waals surface area contributed by atoms with Gasteiger partial charge in [0.1, 0.15) is 5.82 Å². The van der Waals surface area contributed by atoms with E-state index in [9.17, 15) is 30.7 Å². The Labute approximate surface area is 173 Å². The van der Waals surface area contributed by atoms with Gasteiger partial charge in [0.05, 0.1) is 16.8 Å². The lowest BCUT2D eigenvalue weighted by atomic mass is 10.1. The van der Waals surface area contributed by atoms with Gasteiger partial charge < -0.3 is 9.88 Å². The van der Waals surface area contributed by atoms with Gasteiger partial charge in [-0.15, -0.1) is 0 Å². The van der Waals surface area contributed by atoms with E-state index in [0.29, 0.717) is 48.3 Å². The number of alkyl halides is 6. The first-order valence-electron chi connectivity index (χ1n) is 9.53. The molecule has 10 heteroatoms. The molecule has 0 saturated carbocycles. The van der Waals surface area contributed by atoms with E-state index < -0.39 is 29.3 Å². The van der Waals surface area contributed by atoms with Crippen LogP contribution in [-0.4, -0.2) is 36.1 Å². The van der Waals surface area contributed by atoms with Crippen molar-refractivity contribution in [2.75, 3.05) is 31.1 Å². The van der Waals surface area contributed by atoms with E-state index in [1.807, 2.05) is 9.80 Å². The van der Waals surface area contributed by atoms with Crippen LogP contribution in [0.4, 0.5) is 36.4 Å². The SMILES string of the molecule is Fc1cc(CN2CCN(c3c[nH]c4ccc(C(F)(F)F)cc34)CC2)ccc1C(F)(F)F. The monoisotopic (exact) mass is 445 g/mol. The molecule has 3 aromatic rings. The first-order valence-corrected chi connectivity index (χ1v) is 9.53. The zero-order chi connectivity index (χ0) is 22.4. The summed E-state index contributed by atoms with van der Waals surface area (Å²) >= 11 is 0.